The number of aryl methyl sites for hydroxylation is 1. The van der Waals surface area contributed by atoms with E-state index >= 15 is 0 Å². The Bertz CT molecular complexity index is 1450. The SMILES string of the molecule is CCc1nc2cc(/C=C/c3ccccc3)cc3c2n1-c1ccccc1N3c1ccccc1. The van der Waals surface area contributed by atoms with E-state index in [2.05, 4.69) is 120 Å². The molecule has 3 nitrogen and oxygen atoms in total. The number of hydrogen-bond acceptors (Lipinski definition) is 2. The molecule has 0 saturated heterocycles. The van der Waals surface area contributed by atoms with Gasteiger partial charge in [0.2, 0.25) is 0 Å². The average Bonchev–Trinajstić information content (AvgIpc) is 3.24. The van der Waals surface area contributed by atoms with Gasteiger partial charge in [-0.1, -0.05) is 79.7 Å². The van der Waals surface area contributed by atoms with E-state index in [4.69, 9.17) is 4.98 Å². The first kappa shape index (κ1) is 18.6. The van der Waals surface area contributed by atoms with Gasteiger partial charge in [0.05, 0.1) is 28.1 Å². The van der Waals surface area contributed by atoms with Crippen molar-refractivity contribution in [1.29, 1.82) is 0 Å². The van der Waals surface area contributed by atoms with Crippen LogP contribution >= 0.6 is 0 Å². The molecule has 6 rings (SSSR count). The Morgan fingerprint density at radius 2 is 1.34 bits per heavy atom. The molecular formula is C29H23N3. The number of anilines is 3. The van der Waals surface area contributed by atoms with Crippen LogP contribution in [0.1, 0.15) is 23.9 Å². The third-order valence-electron chi connectivity index (χ3n) is 6.03. The molecule has 1 aromatic heterocycles. The molecule has 1 aliphatic heterocycles. The number of fused-ring (bicyclic) bond motifs is 2. The fourth-order valence-corrected chi connectivity index (χ4v) is 4.61. The van der Waals surface area contributed by atoms with E-state index in [1.165, 1.54) is 22.5 Å². The molecule has 0 bridgehead atoms. The van der Waals surface area contributed by atoms with Crippen LogP contribution in [0.5, 0.6) is 0 Å². The van der Waals surface area contributed by atoms with Crippen LogP contribution < -0.4 is 4.90 Å². The number of rotatable bonds is 4. The quantitative estimate of drug-likeness (QED) is 0.278. The zero-order valence-electron chi connectivity index (χ0n) is 17.9. The molecule has 0 unspecified atom stereocenters. The van der Waals surface area contributed by atoms with Gasteiger partial charge in [-0.3, -0.25) is 4.57 Å². The van der Waals surface area contributed by atoms with Gasteiger partial charge >= 0.3 is 0 Å². The summed E-state index contributed by atoms with van der Waals surface area (Å²) in [5.41, 5.74) is 9.18. The third kappa shape index (κ3) is 2.94. The molecule has 2 heterocycles. The fraction of sp³-hybridized carbons (Fsp3) is 0.0690. The maximum atomic E-state index is 5.05. The number of nitrogens with zero attached hydrogens (tertiary/aromatic N) is 3. The highest BCUT2D eigenvalue weighted by atomic mass is 15.2. The Balaban J connectivity index is 1.63. The monoisotopic (exact) mass is 413 g/mol. The molecule has 0 saturated carbocycles. The van der Waals surface area contributed by atoms with Crippen molar-refractivity contribution < 1.29 is 0 Å². The van der Waals surface area contributed by atoms with E-state index in [-0.39, 0.29) is 0 Å². The van der Waals surface area contributed by atoms with Crippen molar-refractivity contribution in [3.63, 3.8) is 0 Å². The van der Waals surface area contributed by atoms with Crippen LogP contribution in [-0.4, -0.2) is 9.55 Å². The Morgan fingerprint density at radius 3 is 2.09 bits per heavy atom. The summed E-state index contributed by atoms with van der Waals surface area (Å²) in [4.78, 5) is 7.41. The average molecular weight is 414 g/mol. The Kier molecular flexibility index (Phi) is 4.39. The molecule has 3 heteroatoms. The van der Waals surface area contributed by atoms with Crippen LogP contribution in [0.25, 0.3) is 28.9 Å². The molecule has 0 spiro atoms. The second-order valence-corrected chi connectivity index (χ2v) is 8.03. The van der Waals surface area contributed by atoms with Crippen LogP contribution in [0.4, 0.5) is 17.1 Å². The first-order valence-electron chi connectivity index (χ1n) is 11.1. The smallest absolute Gasteiger partial charge is 0.114 e. The topological polar surface area (TPSA) is 21.1 Å². The van der Waals surface area contributed by atoms with Gasteiger partial charge < -0.3 is 4.90 Å². The summed E-state index contributed by atoms with van der Waals surface area (Å²) in [6.07, 6.45) is 5.22. The lowest BCUT2D eigenvalue weighted by Crippen LogP contribution is -2.19. The summed E-state index contributed by atoms with van der Waals surface area (Å²) in [6.45, 7) is 2.17. The van der Waals surface area contributed by atoms with Gasteiger partial charge in [0.25, 0.3) is 0 Å². The van der Waals surface area contributed by atoms with Gasteiger partial charge in [-0.05, 0) is 47.5 Å². The van der Waals surface area contributed by atoms with Crippen LogP contribution in [0, 0.1) is 0 Å². The van der Waals surface area contributed by atoms with Crippen molar-refractivity contribution in [3.05, 3.63) is 114 Å². The Morgan fingerprint density at radius 1 is 0.688 bits per heavy atom. The van der Waals surface area contributed by atoms with Crippen molar-refractivity contribution in [1.82, 2.24) is 9.55 Å². The fourth-order valence-electron chi connectivity index (χ4n) is 4.61. The van der Waals surface area contributed by atoms with Crippen LogP contribution in [0.3, 0.4) is 0 Å². The number of benzene rings is 4. The minimum atomic E-state index is 0.878. The number of para-hydroxylation sites is 3. The molecule has 0 aliphatic carbocycles. The number of hydrogen-bond donors (Lipinski definition) is 0. The van der Waals surface area contributed by atoms with Crippen molar-refractivity contribution in [2.75, 3.05) is 4.90 Å². The van der Waals surface area contributed by atoms with E-state index in [0.29, 0.717) is 0 Å². The highest BCUT2D eigenvalue weighted by molar-refractivity contribution is 6.02. The number of imidazole rings is 1. The lowest BCUT2D eigenvalue weighted by molar-refractivity contribution is 0.900. The molecule has 5 aromatic rings. The predicted molar refractivity (Wildman–Crippen MR) is 134 cm³/mol. The number of aromatic nitrogens is 2. The zero-order chi connectivity index (χ0) is 21.5. The van der Waals surface area contributed by atoms with Crippen LogP contribution in [-0.2, 0) is 6.42 Å². The molecule has 154 valence electrons. The van der Waals surface area contributed by atoms with Gasteiger partial charge in [0.1, 0.15) is 5.82 Å². The van der Waals surface area contributed by atoms with Gasteiger partial charge in [-0.2, -0.15) is 0 Å². The standard InChI is InChI=1S/C29H23N3/c1-2-28-30-24-19-22(18-17-21-11-5-3-6-12-21)20-27-29(24)32(28)26-16-10-9-15-25(26)31(27)23-13-7-4-8-14-23/h3-20H,2H2,1H3/b18-17+. The summed E-state index contributed by atoms with van der Waals surface area (Å²) in [6, 6.07) is 34.1. The summed E-state index contributed by atoms with van der Waals surface area (Å²) in [5.74, 6) is 1.09. The molecular weight excluding hydrogens is 390 g/mol. The first-order chi connectivity index (χ1) is 15.8. The van der Waals surface area contributed by atoms with Crippen molar-refractivity contribution in [3.8, 4) is 5.69 Å². The third-order valence-corrected chi connectivity index (χ3v) is 6.03. The normalized spacial score (nSPS) is 12.5. The molecule has 1 aliphatic rings. The van der Waals surface area contributed by atoms with E-state index in [0.717, 1.165) is 34.7 Å². The summed E-state index contributed by atoms with van der Waals surface area (Å²) < 4.78 is 2.34. The van der Waals surface area contributed by atoms with E-state index < -0.39 is 0 Å². The predicted octanol–water partition coefficient (Wildman–Crippen LogP) is 7.54. The molecule has 0 N–H and O–H groups in total. The van der Waals surface area contributed by atoms with E-state index in [9.17, 15) is 0 Å². The van der Waals surface area contributed by atoms with E-state index in [1.807, 2.05) is 6.07 Å². The van der Waals surface area contributed by atoms with Crippen LogP contribution in [0.2, 0.25) is 0 Å². The molecule has 0 amide bonds. The lowest BCUT2D eigenvalue weighted by Gasteiger charge is -2.33. The van der Waals surface area contributed by atoms with Gasteiger partial charge in [-0.15, -0.1) is 0 Å². The first-order valence-corrected chi connectivity index (χ1v) is 11.1. The highest BCUT2D eigenvalue weighted by Crippen LogP contribution is 2.47. The highest BCUT2D eigenvalue weighted by Gasteiger charge is 2.28. The summed E-state index contributed by atoms with van der Waals surface area (Å²) in [7, 11) is 0. The molecule has 0 radical (unpaired) electrons. The second kappa shape index (κ2) is 7.54. The van der Waals surface area contributed by atoms with Crippen molar-refractivity contribution >= 4 is 40.2 Å². The zero-order valence-corrected chi connectivity index (χ0v) is 17.9. The maximum Gasteiger partial charge on any atom is 0.114 e. The van der Waals surface area contributed by atoms with Crippen LogP contribution in [0.15, 0.2) is 97.1 Å². The van der Waals surface area contributed by atoms with Gasteiger partial charge in [0, 0.05) is 12.1 Å². The van der Waals surface area contributed by atoms with Crippen molar-refractivity contribution in [2.45, 2.75) is 13.3 Å². The Labute approximate surface area is 187 Å². The maximum absolute atomic E-state index is 5.05. The molecule has 0 fully saturated rings. The minimum Gasteiger partial charge on any atom is -0.306 e. The Hall–Kier alpha value is -4.11. The lowest BCUT2D eigenvalue weighted by atomic mass is 10.0. The summed E-state index contributed by atoms with van der Waals surface area (Å²) in [5, 5.41) is 0. The molecule has 4 aromatic carbocycles. The minimum absolute atomic E-state index is 0.878. The molecule has 0 atom stereocenters. The van der Waals surface area contributed by atoms with E-state index in [1.54, 1.807) is 0 Å². The molecule has 32 heavy (non-hydrogen) atoms. The van der Waals surface area contributed by atoms with Gasteiger partial charge in [-0.25, -0.2) is 4.98 Å². The van der Waals surface area contributed by atoms with Gasteiger partial charge in [0.15, 0.2) is 0 Å². The second-order valence-electron chi connectivity index (χ2n) is 8.03. The summed E-state index contributed by atoms with van der Waals surface area (Å²) >= 11 is 0. The van der Waals surface area contributed by atoms with Crippen molar-refractivity contribution in [2.24, 2.45) is 0 Å². The largest absolute Gasteiger partial charge is 0.306 e.